The molecule has 2 aliphatic heterocycles. The van der Waals surface area contributed by atoms with E-state index in [-0.39, 0.29) is 35.2 Å². The zero-order chi connectivity index (χ0) is 38.7. The summed E-state index contributed by atoms with van der Waals surface area (Å²) in [6.07, 6.45) is 11.1. The number of halogens is 3. The molecule has 5 atom stereocenters. The number of nitrogens with one attached hydrogen (secondary N) is 1. The van der Waals surface area contributed by atoms with Gasteiger partial charge in [-0.3, -0.25) is 4.79 Å². The van der Waals surface area contributed by atoms with Crippen molar-refractivity contribution >= 4 is 23.5 Å². The number of hydrogen-bond acceptors (Lipinski definition) is 9. The molecule has 4 fully saturated rings. The van der Waals surface area contributed by atoms with E-state index in [2.05, 4.69) is 32.2 Å². The lowest BCUT2D eigenvalue weighted by Gasteiger charge is -2.52. The minimum Gasteiger partial charge on any atom is -0.490 e. The van der Waals surface area contributed by atoms with E-state index in [0.717, 1.165) is 49.6 Å². The van der Waals surface area contributed by atoms with Crippen LogP contribution in [0.5, 0.6) is 5.75 Å². The maximum Gasteiger partial charge on any atom is 0.329 e. The van der Waals surface area contributed by atoms with Crippen molar-refractivity contribution in [2.24, 2.45) is 23.7 Å². The molecule has 294 valence electrons. The van der Waals surface area contributed by atoms with E-state index in [4.69, 9.17) is 9.47 Å². The number of anilines is 2. The van der Waals surface area contributed by atoms with Gasteiger partial charge in [-0.25, -0.2) is 29.1 Å². The minimum atomic E-state index is -3.53. The second-order valence-corrected chi connectivity index (χ2v) is 17.0. The van der Waals surface area contributed by atoms with Crippen molar-refractivity contribution in [2.75, 3.05) is 24.7 Å². The number of ether oxygens (including phenoxy) is 2. The summed E-state index contributed by atoms with van der Waals surface area (Å²) < 4.78 is 56.6. The van der Waals surface area contributed by atoms with Gasteiger partial charge in [-0.2, -0.15) is 8.78 Å². The normalized spacial score (nSPS) is 30.1. The van der Waals surface area contributed by atoms with E-state index in [0.29, 0.717) is 82.2 Å². The van der Waals surface area contributed by atoms with Gasteiger partial charge >= 0.3 is 5.97 Å². The summed E-state index contributed by atoms with van der Waals surface area (Å²) in [7, 11) is 0. The molecular formula is C41H49F3N6O5. The molecule has 3 saturated carbocycles. The molecule has 0 radical (unpaired) electrons. The standard InChI is InChI=1S/C41H49F3N6O5/c1-23-14-25-16-24(2)41(37(52)53,27(15-23)17-25)49-36(51)31-21-47-38(48-34(31)39(3,43)44)50-22-40(10-12-54-13-11-40)32-18-30(8-9-33(32)50)55-29-6-4-26(5-7-29)35-45-19-28(42)20-46-35/h8-9,18-21,23-27,29H,4-7,10-17,22H2,1-3H3,(H,49,51)(H,52,53). The molecule has 1 saturated heterocycles. The first-order chi connectivity index (χ1) is 26.3. The molecule has 2 aromatic heterocycles. The van der Waals surface area contributed by atoms with E-state index >= 15 is 8.78 Å². The molecule has 14 heteroatoms. The first kappa shape index (κ1) is 37.6. The SMILES string of the molecule is CC1CC2CC(C)C(NC(=O)c3cnc(N4CC5(CCOCC5)c5cc(OC6CCC(c7ncc(F)cn7)CC6)ccc54)nc3C(C)(F)F)(C(=O)O)C(C1)C2. The van der Waals surface area contributed by atoms with Gasteiger partial charge in [0.1, 0.15) is 22.8 Å². The number of nitrogens with zero attached hydrogens (tertiary/aromatic N) is 5. The molecule has 55 heavy (non-hydrogen) atoms. The number of alkyl halides is 2. The van der Waals surface area contributed by atoms with Crippen LogP contribution in [0.25, 0.3) is 0 Å². The van der Waals surface area contributed by atoms with E-state index in [1.165, 1.54) is 12.4 Å². The molecule has 2 bridgehead atoms. The van der Waals surface area contributed by atoms with E-state index in [1.54, 1.807) is 0 Å². The number of carboxylic acids is 1. The Hall–Kier alpha value is -4.33. The lowest BCUT2D eigenvalue weighted by Crippen LogP contribution is -2.66. The highest BCUT2D eigenvalue weighted by atomic mass is 19.3. The van der Waals surface area contributed by atoms with E-state index in [9.17, 15) is 19.1 Å². The minimum absolute atomic E-state index is 0.0194. The summed E-state index contributed by atoms with van der Waals surface area (Å²) in [5, 5.41) is 13.4. The Kier molecular flexibility index (Phi) is 9.78. The van der Waals surface area contributed by atoms with Crippen LogP contribution in [0.4, 0.5) is 24.8 Å². The topological polar surface area (TPSA) is 140 Å². The maximum atomic E-state index is 15.5. The third kappa shape index (κ3) is 6.92. The highest BCUT2D eigenvalue weighted by Gasteiger charge is 2.57. The predicted octanol–water partition coefficient (Wildman–Crippen LogP) is 7.47. The predicted molar refractivity (Wildman–Crippen MR) is 196 cm³/mol. The molecule has 1 spiro atoms. The second-order valence-electron chi connectivity index (χ2n) is 17.0. The lowest BCUT2D eigenvalue weighted by atomic mass is 9.56. The Labute approximate surface area is 318 Å². The number of amides is 1. The van der Waals surface area contributed by atoms with Crippen LogP contribution >= 0.6 is 0 Å². The molecule has 1 amide bonds. The van der Waals surface area contributed by atoms with Crippen molar-refractivity contribution in [3.05, 3.63) is 65.3 Å². The molecule has 5 aliphatic rings. The highest BCUT2D eigenvalue weighted by Crippen LogP contribution is 2.52. The van der Waals surface area contributed by atoms with Gasteiger partial charge in [0.2, 0.25) is 5.95 Å². The molecule has 5 unspecified atom stereocenters. The van der Waals surface area contributed by atoms with Gasteiger partial charge in [-0.15, -0.1) is 0 Å². The average molecular weight is 763 g/mol. The molecule has 8 rings (SSSR count). The third-order valence-electron chi connectivity index (χ3n) is 13.2. The summed E-state index contributed by atoms with van der Waals surface area (Å²) in [5.41, 5.74) is -1.34. The fourth-order valence-electron chi connectivity index (χ4n) is 10.6. The van der Waals surface area contributed by atoms with Crippen LogP contribution in [0.2, 0.25) is 0 Å². The van der Waals surface area contributed by atoms with Gasteiger partial charge in [0, 0.05) is 49.9 Å². The van der Waals surface area contributed by atoms with Crippen LogP contribution < -0.4 is 15.0 Å². The summed E-state index contributed by atoms with van der Waals surface area (Å²) in [6.45, 7) is 6.13. The highest BCUT2D eigenvalue weighted by molar-refractivity contribution is 5.99. The zero-order valence-electron chi connectivity index (χ0n) is 31.6. The molecule has 3 aromatic rings. The third-order valence-corrected chi connectivity index (χ3v) is 13.2. The summed E-state index contributed by atoms with van der Waals surface area (Å²) in [4.78, 5) is 46.1. The number of carbonyl (C=O) groups excluding carboxylic acids is 1. The zero-order valence-corrected chi connectivity index (χ0v) is 31.6. The molecule has 2 N–H and O–H groups in total. The Morgan fingerprint density at radius 2 is 1.73 bits per heavy atom. The Morgan fingerprint density at radius 1 is 1.00 bits per heavy atom. The Bertz CT molecular complexity index is 1930. The molecule has 3 aliphatic carbocycles. The second kappa shape index (κ2) is 14.3. The van der Waals surface area contributed by atoms with Gasteiger partial charge in [0.15, 0.2) is 5.82 Å². The Morgan fingerprint density at radius 3 is 2.42 bits per heavy atom. The fraction of sp³-hybridized carbons (Fsp3) is 0.610. The van der Waals surface area contributed by atoms with Gasteiger partial charge in [0.05, 0.1) is 24.1 Å². The molecule has 11 nitrogen and oxygen atoms in total. The first-order valence-electron chi connectivity index (χ1n) is 19.7. The number of aliphatic carboxylic acids is 1. The van der Waals surface area contributed by atoms with E-state index in [1.807, 2.05) is 30.0 Å². The van der Waals surface area contributed by atoms with Crippen molar-refractivity contribution in [3.8, 4) is 5.75 Å². The fourth-order valence-corrected chi connectivity index (χ4v) is 10.6. The number of carboxylic acid groups (broad SMARTS) is 1. The smallest absolute Gasteiger partial charge is 0.329 e. The van der Waals surface area contributed by atoms with Crippen LogP contribution in [0, 0.1) is 29.5 Å². The van der Waals surface area contributed by atoms with E-state index < -0.39 is 40.4 Å². The van der Waals surface area contributed by atoms with Crippen LogP contribution in [0.3, 0.4) is 0 Å². The molecule has 1 aromatic carbocycles. The van der Waals surface area contributed by atoms with Crippen molar-refractivity contribution < 1.29 is 37.3 Å². The number of aromatic nitrogens is 4. The van der Waals surface area contributed by atoms with Crippen molar-refractivity contribution in [1.82, 2.24) is 25.3 Å². The van der Waals surface area contributed by atoms with Gasteiger partial charge in [-0.1, -0.05) is 13.8 Å². The van der Waals surface area contributed by atoms with Crippen molar-refractivity contribution in [1.29, 1.82) is 0 Å². The van der Waals surface area contributed by atoms with Crippen molar-refractivity contribution in [2.45, 2.75) is 114 Å². The molecular weight excluding hydrogens is 713 g/mol. The van der Waals surface area contributed by atoms with Crippen LogP contribution in [0.1, 0.15) is 118 Å². The van der Waals surface area contributed by atoms with Gasteiger partial charge in [-0.05, 0) is 112 Å². The number of benzene rings is 1. The Balaban J connectivity index is 1.06. The summed E-state index contributed by atoms with van der Waals surface area (Å²) >= 11 is 0. The average Bonchev–Trinajstić information content (AvgIpc) is 3.45. The van der Waals surface area contributed by atoms with Crippen molar-refractivity contribution in [3.63, 3.8) is 0 Å². The quantitative estimate of drug-likeness (QED) is 0.238. The molecule has 4 heterocycles. The van der Waals surface area contributed by atoms with Crippen LogP contribution in [-0.2, 0) is 20.9 Å². The summed E-state index contributed by atoms with van der Waals surface area (Å²) in [5.74, 6) is -4.49. The van der Waals surface area contributed by atoms with Gasteiger partial charge < -0.3 is 24.8 Å². The first-order valence-corrected chi connectivity index (χ1v) is 19.7. The number of rotatable bonds is 8. The number of hydrogen-bond donors (Lipinski definition) is 2. The monoisotopic (exact) mass is 762 g/mol. The lowest BCUT2D eigenvalue weighted by molar-refractivity contribution is -0.155. The van der Waals surface area contributed by atoms with Gasteiger partial charge in [0.25, 0.3) is 11.8 Å². The number of fused-ring (bicyclic) bond motifs is 4. The number of carbonyl (C=O) groups is 2. The maximum absolute atomic E-state index is 15.5. The van der Waals surface area contributed by atoms with Crippen LogP contribution in [-0.4, -0.2) is 68.3 Å². The largest absolute Gasteiger partial charge is 0.490 e. The van der Waals surface area contributed by atoms with Crippen LogP contribution in [0.15, 0.2) is 36.8 Å². The summed E-state index contributed by atoms with van der Waals surface area (Å²) in [6, 6.07) is 5.84.